The van der Waals surface area contributed by atoms with Crippen molar-refractivity contribution < 1.29 is 22.7 Å². The molecule has 3 aromatic carbocycles. The minimum absolute atomic E-state index is 0.0706. The first kappa shape index (κ1) is 20.2. The molecular formula is C22H11ClF3NO2. The summed E-state index contributed by atoms with van der Waals surface area (Å²) in [7, 11) is 0. The molecule has 0 saturated carbocycles. The van der Waals surface area contributed by atoms with Gasteiger partial charge in [0.2, 0.25) is 0 Å². The van der Waals surface area contributed by atoms with Gasteiger partial charge in [-0.15, -0.1) is 0 Å². The maximum absolute atomic E-state index is 13.7. The topological polar surface area (TPSA) is 50.1 Å². The molecule has 0 N–H and O–H groups in total. The lowest BCUT2D eigenvalue weighted by molar-refractivity contribution is 0.0728. The van der Waals surface area contributed by atoms with Crippen molar-refractivity contribution in [1.29, 1.82) is 5.26 Å². The average Bonchev–Trinajstić information content (AvgIpc) is 2.72. The van der Waals surface area contributed by atoms with E-state index < -0.39 is 29.0 Å². The summed E-state index contributed by atoms with van der Waals surface area (Å²) in [6, 6.07) is 16.3. The number of carbonyl (C=O) groups excluding carboxylic acids is 1. The number of carbonyl (C=O) groups is 1. The Morgan fingerprint density at radius 2 is 1.59 bits per heavy atom. The van der Waals surface area contributed by atoms with Crippen LogP contribution in [0.3, 0.4) is 0 Å². The zero-order chi connectivity index (χ0) is 21.0. The maximum Gasteiger partial charge on any atom is 0.346 e. The third-order valence-electron chi connectivity index (χ3n) is 3.93. The summed E-state index contributed by atoms with van der Waals surface area (Å²) in [6.07, 6.45) is 1.63. The van der Waals surface area contributed by atoms with Crippen LogP contribution in [0.25, 0.3) is 11.6 Å². The van der Waals surface area contributed by atoms with Crippen LogP contribution in [-0.2, 0) is 0 Å². The molecule has 3 rings (SSSR count). The summed E-state index contributed by atoms with van der Waals surface area (Å²) < 4.78 is 44.9. The van der Waals surface area contributed by atoms with Gasteiger partial charge in [-0.25, -0.2) is 18.0 Å². The van der Waals surface area contributed by atoms with E-state index in [9.17, 15) is 23.2 Å². The molecular weight excluding hydrogens is 403 g/mol. The molecule has 144 valence electrons. The van der Waals surface area contributed by atoms with Crippen molar-refractivity contribution in [2.75, 3.05) is 0 Å². The Hall–Kier alpha value is -3.56. The largest absolute Gasteiger partial charge is 0.423 e. The third-order valence-corrected chi connectivity index (χ3v) is 4.18. The Morgan fingerprint density at radius 1 is 0.931 bits per heavy atom. The SMILES string of the molecule is N#C/C(=C/c1ccc(OC(=O)c2ccc(F)c(F)c2F)cc1)c1ccc(Cl)cc1. The van der Waals surface area contributed by atoms with Crippen LogP contribution in [0.1, 0.15) is 21.5 Å². The molecule has 0 saturated heterocycles. The second-order valence-corrected chi connectivity index (χ2v) is 6.29. The molecule has 0 aliphatic rings. The van der Waals surface area contributed by atoms with Gasteiger partial charge < -0.3 is 4.74 Å². The molecule has 3 nitrogen and oxygen atoms in total. The van der Waals surface area contributed by atoms with Crippen LogP contribution in [0.15, 0.2) is 60.7 Å². The molecule has 29 heavy (non-hydrogen) atoms. The normalized spacial score (nSPS) is 11.1. The first-order chi connectivity index (χ1) is 13.9. The smallest absolute Gasteiger partial charge is 0.346 e. The molecule has 0 atom stereocenters. The van der Waals surface area contributed by atoms with E-state index in [0.29, 0.717) is 27.8 Å². The van der Waals surface area contributed by atoms with Crippen LogP contribution in [0.2, 0.25) is 5.02 Å². The molecule has 0 radical (unpaired) electrons. The number of hydrogen-bond acceptors (Lipinski definition) is 3. The van der Waals surface area contributed by atoms with Crippen LogP contribution >= 0.6 is 11.6 Å². The fourth-order valence-electron chi connectivity index (χ4n) is 2.45. The molecule has 0 aromatic heterocycles. The average molecular weight is 414 g/mol. The molecule has 3 aromatic rings. The van der Waals surface area contributed by atoms with Crippen molar-refractivity contribution in [3.63, 3.8) is 0 Å². The number of nitriles is 1. The van der Waals surface area contributed by atoms with Crippen LogP contribution in [-0.4, -0.2) is 5.97 Å². The Morgan fingerprint density at radius 3 is 2.21 bits per heavy atom. The van der Waals surface area contributed by atoms with E-state index in [1.165, 1.54) is 12.1 Å². The van der Waals surface area contributed by atoms with Crippen molar-refractivity contribution >= 4 is 29.2 Å². The van der Waals surface area contributed by atoms with Gasteiger partial charge >= 0.3 is 5.97 Å². The number of hydrogen-bond donors (Lipinski definition) is 0. The molecule has 0 unspecified atom stereocenters. The molecule has 0 spiro atoms. The van der Waals surface area contributed by atoms with Gasteiger partial charge in [-0.1, -0.05) is 35.9 Å². The van der Waals surface area contributed by atoms with E-state index in [1.54, 1.807) is 42.5 Å². The standard InChI is InChI=1S/C22H11ClF3NO2/c23-16-5-3-14(4-6-16)15(12-27)11-13-1-7-17(8-2-13)29-22(28)18-9-10-19(24)21(26)20(18)25/h1-11H/b15-11-. The van der Waals surface area contributed by atoms with Gasteiger partial charge in [0.05, 0.1) is 17.2 Å². The van der Waals surface area contributed by atoms with Crippen LogP contribution in [0, 0.1) is 28.8 Å². The molecule has 0 amide bonds. The molecule has 0 aliphatic carbocycles. The number of allylic oxidation sites excluding steroid dienone is 1. The van der Waals surface area contributed by atoms with E-state index in [2.05, 4.69) is 6.07 Å². The quantitative estimate of drug-likeness (QED) is 0.172. The fraction of sp³-hybridized carbons (Fsp3) is 0. The minimum atomic E-state index is -1.74. The highest BCUT2D eigenvalue weighted by atomic mass is 35.5. The van der Waals surface area contributed by atoms with E-state index in [1.807, 2.05) is 0 Å². The Labute approximate surface area is 169 Å². The molecule has 0 fully saturated rings. The van der Waals surface area contributed by atoms with Crippen molar-refractivity contribution in [2.45, 2.75) is 0 Å². The van der Waals surface area contributed by atoms with Crippen molar-refractivity contribution in [2.24, 2.45) is 0 Å². The van der Waals surface area contributed by atoms with Crippen molar-refractivity contribution in [3.05, 3.63) is 99.8 Å². The number of halogens is 4. The monoisotopic (exact) mass is 413 g/mol. The van der Waals surface area contributed by atoms with Gasteiger partial charge in [-0.05, 0) is 53.6 Å². The van der Waals surface area contributed by atoms with Crippen LogP contribution in [0.5, 0.6) is 5.75 Å². The van der Waals surface area contributed by atoms with Crippen molar-refractivity contribution in [1.82, 2.24) is 0 Å². The molecule has 0 heterocycles. The number of ether oxygens (including phenoxy) is 1. The predicted molar refractivity (Wildman–Crippen MR) is 103 cm³/mol. The van der Waals surface area contributed by atoms with E-state index in [-0.39, 0.29) is 5.75 Å². The summed E-state index contributed by atoms with van der Waals surface area (Å²) in [5.74, 6) is -5.85. The number of esters is 1. The maximum atomic E-state index is 13.7. The molecule has 0 aliphatic heterocycles. The second-order valence-electron chi connectivity index (χ2n) is 5.86. The number of nitrogens with zero attached hydrogens (tertiary/aromatic N) is 1. The third kappa shape index (κ3) is 4.65. The summed E-state index contributed by atoms with van der Waals surface area (Å²) in [5.41, 5.74) is 1.01. The summed E-state index contributed by atoms with van der Waals surface area (Å²) in [6.45, 7) is 0. The lowest BCUT2D eigenvalue weighted by Gasteiger charge is -2.06. The summed E-state index contributed by atoms with van der Waals surface area (Å²) in [5, 5.41) is 9.91. The molecule has 7 heteroatoms. The first-order valence-corrected chi connectivity index (χ1v) is 8.60. The van der Waals surface area contributed by atoms with E-state index >= 15 is 0 Å². The van der Waals surface area contributed by atoms with Gasteiger partial charge in [0, 0.05) is 5.02 Å². The number of benzene rings is 3. The van der Waals surface area contributed by atoms with E-state index in [0.717, 1.165) is 6.07 Å². The van der Waals surface area contributed by atoms with Gasteiger partial charge in [-0.3, -0.25) is 0 Å². The van der Waals surface area contributed by atoms with Gasteiger partial charge in [-0.2, -0.15) is 5.26 Å². The van der Waals surface area contributed by atoms with Crippen molar-refractivity contribution in [3.8, 4) is 11.8 Å². The zero-order valence-electron chi connectivity index (χ0n) is 14.6. The van der Waals surface area contributed by atoms with E-state index in [4.69, 9.17) is 16.3 Å². The lowest BCUT2D eigenvalue weighted by atomic mass is 10.0. The summed E-state index contributed by atoms with van der Waals surface area (Å²) >= 11 is 5.84. The Balaban J connectivity index is 1.78. The van der Waals surface area contributed by atoms with Gasteiger partial charge in [0.1, 0.15) is 5.75 Å². The Kier molecular flexibility index (Phi) is 6.01. The first-order valence-electron chi connectivity index (χ1n) is 8.22. The highest BCUT2D eigenvalue weighted by Crippen LogP contribution is 2.22. The minimum Gasteiger partial charge on any atom is -0.423 e. The van der Waals surface area contributed by atoms with Gasteiger partial charge in [0.15, 0.2) is 17.5 Å². The second kappa shape index (κ2) is 8.63. The molecule has 0 bridgehead atoms. The number of rotatable bonds is 4. The van der Waals surface area contributed by atoms with Gasteiger partial charge in [0.25, 0.3) is 0 Å². The highest BCUT2D eigenvalue weighted by Gasteiger charge is 2.20. The highest BCUT2D eigenvalue weighted by molar-refractivity contribution is 6.30. The lowest BCUT2D eigenvalue weighted by Crippen LogP contribution is -2.12. The predicted octanol–water partition coefficient (Wildman–Crippen LogP) is 6.04. The van der Waals surface area contributed by atoms with Crippen LogP contribution < -0.4 is 4.74 Å². The summed E-state index contributed by atoms with van der Waals surface area (Å²) in [4.78, 5) is 12.0. The zero-order valence-corrected chi connectivity index (χ0v) is 15.4. The Bertz CT molecular complexity index is 1130. The fourth-order valence-corrected chi connectivity index (χ4v) is 2.58. The van der Waals surface area contributed by atoms with Crippen LogP contribution in [0.4, 0.5) is 13.2 Å².